The number of likely N-dealkylation sites (N-methyl/N-ethyl adjacent to an activating group) is 1. The molecule has 1 heterocycles. The highest BCUT2D eigenvalue weighted by atomic mass is 35.5. The van der Waals surface area contributed by atoms with Crippen LogP contribution >= 0.6 is 23.2 Å². The minimum Gasteiger partial charge on any atom is -0.489 e. The van der Waals surface area contributed by atoms with Gasteiger partial charge in [-0.1, -0.05) is 30.1 Å². The lowest BCUT2D eigenvalue weighted by Gasteiger charge is -2.30. The number of ether oxygens (including phenoxy) is 2. The third-order valence-corrected chi connectivity index (χ3v) is 3.91. The largest absolute Gasteiger partial charge is 0.489 e. The molecule has 0 bridgehead atoms. The van der Waals surface area contributed by atoms with Crippen molar-refractivity contribution < 1.29 is 9.47 Å². The molecule has 1 fully saturated rings. The molecule has 118 valence electrons. The van der Waals surface area contributed by atoms with E-state index in [1.807, 2.05) is 6.07 Å². The molecule has 2 rings (SSSR count). The van der Waals surface area contributed by atoms with Gasteiger partial charge < -0.3 is 19.7 Å². The van der Waals surface area contributed by atoms with Gasteiger partial charge in [-0.15, -0.1) is 0 Å². The predicted molar refractivity (Wildman–Crippen MR) is 86.6 cm³/mol. The minimum absolute atomic E-state index is 0.0717. The van der Waals surface area contributed by atoms with Crippen LogP contribution in [0.4, 0.5) is 0 Å². The second-order valence-electron chi connectivity index (χ2n) is 5.22. The Morgan fingerprint density at radius 2 is 2.24 bits per heavy atom. The van der Waals surface area contributed by atoms with Crippen LogP contribution in [0.2, 0.25) is 10.0 Å². The highest BCUT2D eigenvalue weighted by Crippen LogP contribution is 2.32. The van der Waals surface area contributed by atoms with Gasteiger partial charge in [0.25, 0.3) is 0 Å². The molecule has 1 atom stereocenters. The molecule has 1 aromatic carbocycles. The van der Waals surface area contributed by atoms with Crippen LogP contribution in [-0.2, 0) is 11.3 Å². The van der Waals surface area contributed by atoms with Crippen molar-refractivity contribution in [2.24, 2.45) is 0 Å². The van der Waals surface area contributed by atoms with Crippen LogP contribution in [0.1, 0.15) is 12.5 Å². The first kappa shape index (κ1) is 16.8. The Kier molecular flexibility index (Phi) is 6.58. The second-order valence-corrected chi connectivity index (χ2v) is 6.07. The molecule has 0 aromatic heterocycles. The number of benzene rings is 1. The molecule has 1 saturated heterocycles. The quantitative estimate of drug-likeness (QED) is 0.868. The van der Waals surface area contributed by atoms with Crippen molar-refractivity contribution in [3.05, 3.63) is 27.7 Å². The van der Waals surface area contributed by atoms with Crippen molar-refractivity contribution in [3.8, 4) is 5.75 Å². The fraction of sp³-hybridized carbons (Fsp3) is 0.600. The van der Waals surface area contributed by atoms with E-state index < -0.39 is 0 Å². The molecule has 1 unspecified atom stereocenters. The molecule has 1 N–H and O–H groups in total. The zero-order valence-electron chi connectivity index (χ0n) is 12.5. The van der Waals surface area contributed by atoms with Crippen LogP contribution in [0.5, 0.6) is 5.75 Å². The van der Waals surface area contributed by atoms with Crippen LogP contribution in [0.15, 0.2) is 12.1 Å². The van der Waals surface area contributed by atoms with E-state index >= 15 is 0 Å². The summed E-state index contributed by atoms with van der Waals surface area (Å²) in [6, 6.07) is 3.60. The maximum Gasteiger partial charge on any atom is 0.142 e. The highest BCUT2D eigenvalue weighted by Gasteiger charge is 2.19. The molecular formula is C15H22Cl2N2O2. The average Bonchev–Trinajstić information content (AvgIpc) is 2.44. The number of rotatable bonds is 6. The van der Waals surface area contributed by atoms with Crippen molar-refractivity contribution in [2.45, 2.75) is 19.6 Å². The van der Waals surface area contributed by atoms with E-state index in [9.17, 15) is 0 Å². The van der Waals surface area contributed by atoms with E-state index in [0.29, 0.717) is 28.9 Å². The lowest BCUT2D eigenvalue weighted by molar-refractivity contribution is -0.0404. The molecule has 4 nitrogen and oxygen atoms in total. The molecule has 1 aliphatic rings. The first-order chi connectivity index (χ1) is 10.1. The Morgan fingerprint density at radius 3 is 2.95 bits per heavy atom. The average molecular weight is 333 g/mol. The number of morpholine rings is 1. The first-order valence-corrected chi connectivity index (χ1v) is 7.97. The summed E-state index contributed by atoms with van der Waals surface area (Å²) in [5.41, 5.74) is 0.971. The van der Waals surface area contributed by atoms with Gasteiger partial charge in [0.15, 0.2) is 0 Å². The number of nitrogens with zero attached hydrogens (tertiary/aromatic N) is 1. The zero-order valence-corrected chi connectivity index (χ0v) is 14.0. The molecule has 21 heavy (non-hydrogen) atoms. The summed E-state index contributed by atoms with van der Waals surface area (Å²) in [5.74, 6) is 0.693. The van der Waals surface area contributed by atoms with Gasteiger partial charge in [-0.05, 0) is 25.7 Å². The molecule has 0 saturated carbocycles. The van der Waals surface area contributed by atoms with Crippen molar-refractivity contribution in [1.29, 1.82) is 0 Å². The summed E-state index contributed by atoms with van der Waals surface area (Å²) in [7, 11) is 2.08. The Balaban J connectivity index is 2.03. The van der Waals surface area contributed by atoms with Gasteiger partial charge >= 0.3 is 0 Å². The van der Waals surface area contributed by atoms with Crippen LogP contribution in [-0.4, -0.2) is 50.9 Å². The maximum absolute atomic E-state index is 6.27. The van der Waals surface area contributed by atoms with Gasteiger partial charge in [-0.25, -0.2) is 0 Å². The van der Waals surface area contributed by atoms with Crippen molar-refractivity contribution in [2.75, 3.05) is 39.9 Å². The van der Waals surface area contributed by atoms with Gasteiger partial charge in [0.05, 0.1) is 11.6 Å². The summed E-state index contributed by atoms with van der Waals surface area (Å²) >= 11 is 12.3. The SMILES string of the molecule is CCNCc1cc(Cl)cc(Cl)c1OCC1CN(C)CCO1. The lowest BCUT2D eigenvalue weighted by Crippen LogP contribution is -2.42. The summed E-state index contributed by atoms with van der Waals surface area (Å²) in [6.07, 6.45) is 0.0717. The number of nitrogens with one attached hydrogen (secondary N) is 1. The van der Waals surface area contributed by atoms with Crippen LogP contribution in [0, 0.1) is 0 Å². The van der Waals surface area contributed by atoms with Gasteiger partial charge in [0.2, 0.25) is 0 Å². The standard InChI is InChI=1S/C15H22Cl2N2O2/c1-3-18-8-11-6-12(16)7-14(17)15(11)21-10-13-9-19(2)4-5-20-13/h6-7,13,18H,3-5,8-10H2,1-2H3. The highest BCUT2D eigenvalue weighted by molar-refractivity contribution is 6.35. The van der Waals surface area contributed by atoms with E-state index in [2.05, 4.69) is 24.2 Å². The smallest absolute Gasteiger partial charge is 0.142 e. The van der Waals surface area contributed by atoms with Crippen molar-refractivity contribution in [1.82, 2.24) is 10.2 Å². The second kappa shape index (κ2) is 8.20. The van der Waals surface area contributed by atoms with E-state index in [0.717, 1.165) is 31.8 Å². The molecule has 1 aliphatic heterocycles. The summed E-state index contributed by atoms with van der Waals surface area (Å²) in [4.78, 5) is 2.24. The molecule has 0 aliphatic carbocycles. The van der Waals surface area contributed by atoms with Gasteiger partial charge in [0, 0.05) is 30.2 Å². The Morgan fingerprint density at radius 1 is 1.43 bits per heavy atom. The Labute approximate surface area is 136 Å². The molecule has 0 spiro atoms. The minimum atomic E-state index is 0.0717. The Bertz CT molecular complexity index is 471. The number of hydrogen-bond acceptors (Lipinski definition) is 4. The fourth-order valence-corrected chi connectivity index (χ4v) is 2.90. The Hall–Kier alpha value is -0.520. The summed E-state index contributed by atoms with van der Waals surface area (Å²) in [5, 5.41) is 4.43. The third-order valence-electron chi connectivity index (χ3n) is 3.41. The summed E-state index contributed by atoms with van der Waals surface area (Å²) < 4.78 is 11.6. The van der Waals surface area contributed by atoms with Crippen LogP contribution in [0.3, 0.4) is 0 Å². The molecule has 1 aromatic rings. The van der Waals surface area contributed by atoms with E-state index in [1.54, 1.807) is 6.07 Å². The van der Waals surface area contributed by atoms with Crippen molar-refractivity contribution in [3.63, 3.8) is 0 Å². The summed E-state index contributed by atoms with van der Waals surface area (Å²) in [6.45, 7) is 6.67. The lowest BCUT2D eigenvalue weighted by atomic mass is 10.2. The monoisotopic (exact) mass is 332 g/mol. The van der Waals surface area contributed by atoms with Gasteiger partial charge in [0.1, 0.15) is 18.5 Å². The van der Waals surface area contributed by atoms with Gasteiger partial charge in [-0.3, -0.25) is 0 Å². The van der Waals surface area contributed by atoms with E-state index in [1.165, 1.54) is 0 Å². The normalized spacial score (nSPS) is 19.7. The van der Waals surface area contributed by atoms with Crippen LogP contribution < -0.4 is 10.1 Å². The molecule has 0 radical (unpaired) electrons. The van der Waals surface area contributed by atoms with E-state index in [4.69, 9.17) is 32.7 Å². The first-order valence-electron chi connectivity index (χ1n) is 7.21. The predicted octanol–water partition coefficient (Wildman–Crippen LogP) is 2.81. The van der Waals surface area contributed by atoms with Gasteiger partial charge in [-0.2, -0.15) is 0 Å². The molecular weight excluding hydrogens is 311 g/mol. The number of halogens is 2. The zero-order chi connectivity index (χ0) is 15.2. The number of hydrogen-bond donors (Lipinski definition) is 1. The molecule has 6 heteroatoms. The van der Waals surface area contributed by atoms with Crippen molar-refractivity contribution >= 4 is 23.2 Å². The van der Waals surface area contributed by atoms with E-state index in [-0.39, 0.29) is 6.10 Å². The molecule has 0 amide bonds. The third kappa shape index (κ3) is 5.01. The van der Waals surface area contributed by atoms with Crippen LogP contribution in [0.25, 0.3) is 0 Å². The fourth-order valence-electron chi connectivity index (χ4n) is 2.31. The topological polar surface area (TPSA) is 33.7 Å². The maximum atomic E-state index is 6.27.